The highest BCUT2D eigenvalue weighted by atomic mass is 35.5. The monoisotopic (exact) mass is 374 g/mol. The summed E-state index contributed by atoms with van der Waals surface area (Å²) in [4.78, 5) is 25.9. The predicted molar refractivity (Wildman–Crippen MR) is 105 cm³/mol. The van der Waals surface area contributed by atoms with Crippen LogP contribution in [0.5, 0.6) is 5.75 Å². The van der Waals surface area contributed by atoms with Crippen molar-refractivity contribution in [1.82, 2.24) is 0 Å². The van der Waals surface area contributed by atoms with E-state index in [0.29, 0.717) is 28.8 Å². The van der Waals surface area contributed by atoms with Crippen molar-refractivity contribution in [3.05, 3.63) is 53.1 Å². The zero-order valence-corrected chi connectivity index (χ0v) is 16.0. The number of anilines is 2. The molecule has 5 nitrogen and oxygen atoms in total. The summed E-state index contributed by atoms with van der Waals surface area (Å²) >= 11 is 6.08. The first-order valence-corrected chi connectivity index (χ1v) is 8.86. The number of hydrogen-bond donors (Lipinski definition) is 1. The molecule has 2 amide bonds. The van der Waals surface area contributed by atoms with Crippen molar-refractivity contribution >= 4 is 34.8 Å². The molecule has 0 spiro atoms. The van der Waals surface area contributed by atoms with Crippen LogP contribution < -0.4 is 15.0 Å². The number of rotatable bonds is 7. The van der Waals surface area contributed by atoms with E-state index in [-0.39, 0.29) is 24.8 Å². The van der Waals surface area contributed by atoms with E-state index in [1.165, 1.54) is 6.92 Å². The molecule has 0 heterocycles. The van der Waals surface area contributed by atoms with Crippen LogP contribution in [0, 0.1) is 6.92 Å². The quantitative estimate of drug-likeness (QED) is 0.779. The lowest BCUT2D eigenvalue weighted by molar-refractivity contribution is -0.117. The maximum absolute atomic E-state index is 12.3. The SMILES string of the molecule is CCOc1ccccc1N(CCC(=O)Nc1ccc(C)c(Cl)c1)C(C)=O. The van der Waals surface area contributed by atoms with Gasteiger partial charge in [0.1, 0.15) is 5.75 Å². The third-order valence-corrected chi connectivity index (χ3v) is 4.26. The van der Waals surface area contributed by atoms with E-state index in [1.54, 1.807) is 17.0 Å². The molecule has 0 fully saturated rings. The summed E-state index contributed by atoms with van der Waals surface area (Å²) in [6, 6.07) is 12.7. The molecule has 138 valence electrons. The van der Waals surface area contributed by atoms with Gasteiger partial charge in [-0.3, -0.25) is 9.59 Å². The van der Waals surface area contributed by atoms with E-state index in [1.807, 2.05) is 44.2 Å². The molecule has 2 rings (SSSR count). The highest BCUT2D eigenvalue weighted by Crippen LogP contribution is 2.28. The van der Waals surface area contributed by atoms with Crippen molar-refractivity contribution in [2.45, 2.75) is 27.2 Å². The minimum absolute atomic E-state index is 0.150. The Morgan fingerprint density at radius 1 is 1.19 bits per heavy atom. The average molecular weight is 375 g/mol. The summed E-state index contributed by atoms with van der Waals surface area (Å²) in [5, 5.41) is 3.40. The number of aryl methyl sites for hydroxylation is 1. The topological polar surface area (TPSA) is 58.6 Å². The van der Waals surface area contributed by atoms with Crippen LogP contribution in [0.2, 0.25) is 5.02 Å². The standard InChI is InChI=1S/C20H23ClN2O3/c1-4-26-19-8-6-5-7-18(19)23(15(3)24)12-11-20(25)22-16-10-9-14(2)17(21)13-16/h5-10,13H,4,11-12H2,1-3H3,(H,22,25). The first-order chi connectivity index (χ1) is 12.4. The number of amides is 2. The minimum Gasteiger partial charge on any atom is -0.492 e. The van der Waals surface area contributed by atoms with Gasteiger partial charge in [0.05, 0.1) is 12.3 Å². The molecule has 0 radical (unpaired) electrons. The minimum atomic E-state index is -0.190. The molecule has 0 bridgehead atoms. The molecule has 0 aliphatic rings. The van der Waals surface area contributed by atoms with Crippen LogP contribution in [-0.2, 0) is 9.59 Å². The van der Waals surface area contributed by atoms with Crippen molar-refractivity contribution in [3.63, 3.8) is 0 Å². The summed E-state index contributed by atoms with van der Waals surface area (Å²) in [6.45, 7) is 6.01. The second-order valence-electron chi connectivity index (χ2n) is 5.83. The van der Waals surface area contributed by atoms with Gasteiger partial charge in [0.15, 0.2) is 0 Å². The van der Waals surface area contributed by atoms with Gasteiger partial charge >= 0.3 is 0 Å². The third-order valence-electron chi connectivity index (χ3n) is 3.85. The molecule has 6 heteroatoms. The number of carbonyl (C=O) groups is 2. The molecule has 26 heavy (non-hydrogen) atoms. The third kappa shape index (κ3) is 5.23. The van der Waals surface area contributed by atoms with Gasteiger partial charge in [-0.05, 0) is 43.7 Å². The summed E-state index contributed by atoms with van der Waals surface area (Å²) in [7, 11) is 0. The number of carbonyl (C=O) groups excluding carboxylic acids is 2. The van der Waals surface area contributed by atoms with Gasteiger partial charge in [-0.1, -0.05) is 29.8 Å². The molecule has 0 aliphatic carbocycles. The summed E-state index contributed by atoms with van der Waals surface area (Å²) in [5.41, 5.74) is 2.24. The Hall–Kier alpha value is -2.53. The average Bonchev–Trinajstić information content (AvgIpc) is 2.59. The van der Waals surface area contributed by atoms with Crippen molar-refractivity contribution in [2.24, 2.45) is 0 Å². The largest absolute Gasteiger partial charge is 0.492 e. The first kappa shape index (κ1) is 19.8. The van der Waals surface area contributed by atoms with Gasteiger partial charge in [-0.15, -0.1) is 0 Å². The van der Waals surface area contributed by atoms with Crippen molar-refractivity contribution in [2.75, 3.05) is 23.4 Å². The van der Waals surface area contributed by atoms with E-state index in [4.69, 9.17) is 16.3 Å². The van der Waals surface area contributed by atoms with Crippen molar-refractivity contribution in [1.29, 1.82) is 0 Å². The normalized spacial score (nSPS) is 10.3. The Bertz CT molecular complexity index is 792. The smallest absolute Gasteiger partial charge is 0.226 e. The molecule has 0 saturated carbocycles. The number of benzene rings is 2. The summed E-state index contributed by atoms with van der Waals surface area (Å²) in [6.07, 6.45) is 0.158. The summed E-state index contributed by atoms with van der Waals surface area (Å²) < 4.78 is 5.59. The van der Waals surface area contributed by atoms with Crippen LogP contribution in [0.25, 0.3) is 0 Å². The van der Waals surface area contributed by atoms with Gasteiger partial charge in [-0.25, -0.2) is 0 Å². The van der Waals surface area contributed by atoms with Gasteiger partial charge < -0.3 is 15.0 Å². The second kappa shape index (κ2) is 9.25. The lowest BCUT2D eigenvalue weighted by atomic mass is 10.2. The van der Waals surface area contributed by atoms with Crippen LogP contribution in [0.3, 0.4) is 0 Å². The van der Waals surface area contributed by atoms with Crippen LogP contribution in [0.1, 0.15) is 25.8 Å². The fourth-order valence-corrected chi connectivity index (χ4v) is 2.69. The second-order valence-corrected chi connectivity index (χ2v) is 6.24. The Labute approximate surface area is 158 Å². The number of halogens is 1. The molecule has 2 aromatic rings. The molecule has 0 aliphatic heterocycles. The zero-order chi connectivity index (χ0) is 19.1. The van der Waals surface area contributed by atoms with Crippen LogP contribution in [-0.4, -0.2) is 25.0 Å². The Morgan fingerprint density at radius 3 is 2.58 bits per heavy atom. The van der Waals surface area contributed by atoms with Crippen LogP contribution in [0.15, 0.2) is 42.5 Å². The predicted octanol–water partition coefficient (Wildman–Crippen LogP) is 4.43. The molecule has 0 saturated heterocycles. The highest BCUT2D eigenvalue weighted by Gasteiger charge is 2.17. The molecule has 0 aromatic heterocycles. The number of hydrogen-bond acceptors (Lipinski definition) is 3. The van der Waals surface area contributed by atoms with E-state index in [9.17, 15) is 9.59 Å². The van der Waals surface area contributed by atoms with E-state index in [2.05, 4.69) is 5.32 Å². The number of ether oxygens (including phenoxy) is 1. The van der Waals surface area contributed by atoms with E-state index in [0.717, 1.165) is 5.56 Å². The van der Waals surface area contributed by atoms with Gasteiger partial charge in [0, 0.05) is 30.6 Å². The molecular weight excluding hydrogens is 352 g/mol. The van der Waals surface area contributed by atoms with Crippen molar-refractivity contribution in [3.8, 4) is 5.75 Å². The van der Waals surface area contributed by atoms with Crippen LogP contribution >= 0.6 is 11.6 Å². The molecular formula is C20H23ClN2O3. The Morgan fingerprint density at radius 2 is 1.92 bits per heavy atom. The number of para-hydroxylation sites is 2. The summed E-state index contributed by atoms with van der Waals surface area (Å²) in [5.74, 6) is 0.282. The lowest BCUT2D eigenvalue weighted by Crippen LogP contribution is -2.32. The molecule has 1 N–H and O–H groups in total. The van der Waals surface area contributed by atoms with Gasteiger partial charge in [0.2, 0.25) is 11.8 Å². The van der Waals surface area contributed by atoms with E-state index >= 15 is 0 Å². The Balaban J connectivity index is 2.05. The lowest BCUT2D eigenvalue weighted by Gasteiger charge is -2.23. The van der Waals surface area contributed by atoms with Crippen LogP contribution in [0.4, 0.5) is 11.4 Å². The number of nitrogens with zero attached hydrogens (tertiary/aromatic N) is 1. The number of nitrogens with one attached hydrogen (secondary N) is 1. The fourth-order valence-electron chi connectivity index (χ4n) is 2.51. The highest BCUT2D eigenvalue weighted by molar-refractivity contribution is 6.31. The zero-order valence-electron chi connectivity index (χ0n) is 15.2. The maximum atomic E-state index is 12.3. The van der Waals surface area contributed by atoms with Gasteiger partial charge in [0.25, 0.3) is 0 Å². The Kier molecular flexibility index (Phi) is 7.04. The molecule has 2 aromatic carbocycles. The van der Waals surface area contributed by atoms with E-state index < -0.39 is 0 Å². The van der Waals surface area contributed by atoms with Crippen molar-refractivity contribution < 1.29 is 14.3 Å². The fraction of sp³-hybridized carbons (Fsp3) is 0.300. The molecule has 0 atom stereocenters. The molecule has 0 unspecified atom stereocenters. The maximum Gasteiger partial charge on any atom is 0.226 e. The van der Waals surface area contributed by atoms with Gasteiger partial charge in [-0.2, -0.15) is 0 Å². The first-order valence-electron chi connectivity index (χ1n) is 8.48.